The lowest BCUT2D eigenvalue weighted by molar-refractivity contribution is -0.129. The molecule has 0 saturated carbocycles. The smallest absolute Gasteiger partial charge is 0.246 e. The molecule has 2 amide bonds. The van der Waals surface area contributed by atoms with Gasteiger partial charge in [-0.05, 0) is 0 Å². The van der Waals surface area contributed by atoms with Crippen molar-refractivity contribution in [1.82, 2.24) is 10.6 Å². The first kappa shape index (κ1) is 16.8. The highest BCUT2D eigenvalue weighted by Crippen LogP contribution is 1.83. The van der Waals surface area contributed by atoms with Crippen LogP contribution in [0.4, 0.5) is 0 Å². The molecule has 1 saturated heterocycles. The summed E-state index contributed by atoms with van der Waals surface area (Å²) < 4.78 is 20.7. The van der Waals surface area contributed by atoms with Crippen molar-refractivity contribution < 1.29 is 28.5 Å². The summed E-state index contributed by atoms with van der Waals surface area (Å²) in [6.45, 7) is 3.10. The maximum Gasteiger partial charge on any atom is 0.246 e. The summed E-state index contributed by atoms with van der Waals surface area (Å²) in [5.74, 6) is -0.410. The van der Waals surface area contributed by atoms with Crippen LogP contribution in [0.2, 0.25) is 0 Å². The van der Waals surface area contributed by atoms with Crippen LogP contribution in [0.25, 0.3) is 0 Å². The molecule has 1 heterocycles. The second-order valence-electron chi connectivity index (χ2n) is 4.03. The van der Waals surface area contributed by atoms with E-state index in [0.29, 0.717) is 39.5 Å². The fraction of sp³-hybridized carbons (Fsp3) is 0.833. The minimum Gasteiger partial charge on any atom is -0.377 e. The van der Waals surface area contributed by atoms with Gasteiger partial charge in [0, 0.05) is 13.1 Å². The molecule has 0 aromatic heterocycles. The summed E-state index contributed by atoms with van der Waals surface area (Å²) in [7, 11) is 0. The van der Waals surface area contributed by atoms with Crippen molar-refractivity contribution in [2.24, 2.45) is 0 Å². The Morgan fingerprint density at radius 1 is 0.600 bits per heavy atom. The Kier molecular flexibility index (Phi) is 9.76. The molecule has 0 radical (unpaired) electrons. The van der Waals surface area contributed by atoms with E-state index in [1.54, 1.807) is 0 Å². The van der Waals surface area contributed by atoms with Crippen LogP contribution in [0.1, 0.15) is 0 Å². The van der Waals surface area contributed by atoms with Gasteiger partial charge in [-0.15, -0.1) is 0 Å². The molecule has 0 unspecified atom stereocenters. The number of rotatable bonds is 0. The minimum absolute atomic E-state index is 0.0291. The topological polar surface area (TPSA) is 95.1 Å². The highest BCUT2D eigenvalue weighted by molar-refractivity contribution is 5.77. The van der Waals surface area contributed by atoms with Crippen molar-refractivity contribution in [3.05, 3.63) is 0 Å². The first-order valence-electron chi connectivity index (χ1n) is 6.63. The molecule has 0 aliphatic carbocycles. The molecule has 1 rings (SSSR count). The summed E-state index contributed by atoms with van der Waals surface area (Å²) in [6.07, 6.45) is 0. The van der Waals surface area contributed by atoms with Crippen LogP contribution in [-0.2, 0) is 28.5 Å². The summed E-state index contributed by atoms with van der Waals surface area (Å²) >= 11 is 0. The molecule has 1 aliphatic heterocycles. The molecule has 8 nitrogen and oxygen atoms in total. The molecule has 0 aromatic rings. The number of hydrogen-bond donors (Lipinski definition) is 2. The molecule has 0 bridgehead atoms. The molecule has 8 heteroatoms. The lowest BCUT2D eigenvalue weighted by Crippen LogP contribution is -2.33. The fourth-order valence-corrected chi connectivity index (χ4v) is 1.40. The monoisotopic (exact) mass is 290 g/mol. The molecule has 116 valence electrons. The fourth-order valence-electron chi connectivity index (χ4n) is 1.40. The highest BCUT2D eigenvalue weighted by atomic mass is 16.5. The van der Waals surface area contributed by atoms with E-state index in [9.17, 15) is 9.59 Å². The molecule has 0 spiro atoms. The summed E-state index contributed by atoms with van der Waals surface area (Å²) in [6, 6.07) is 0. The van der Waals surface area contributed by atoms with Crippen molar-refractivity contribution in [2.45, 2.75) is 0 Å². The summed E-state index contributed by atoms with van der Waals surface area (Å²) in [4.78, 5) is 22.6. The van der Waals surface area contributed by atoms with E-state index < -0.39 is 0 Å². The van der Waals surface area contributed by atoms with Gasteiger partial charge in [0.1, 0.15) is 13.2 Å². The average molecular weight is 290 g/mol. The molecule has 0 atom stereocenters. The first-order chi connectivity index (χ1) is 9.79. The van der Waals surface area contributed by atoms with Gasteiger partial charge in [0.2, 0.25) is 11.8 Å². The number of carbonyl (C=O) groups excluding carboxylic acids is 2. The zero-order valence-corrected chi connectivity index (χ0v) is 11.5. The maximum atomic E-state index is 11.3. The highest BCUT2D eigenvalue weighted by Gasteiger charge is 2.03. The molecule has 1 aliphatic rings. The zero-order chi connectivity index (χ0) is 14.5. The van der Waals surface area contributed by atoms with Gasteiger partial charge in [-0.3, -0.25) is 9.59 Å². The van der Waals surface area contributed by atoms with E-state index in [1.807, 2.05) is 0 Å². The van der Waals surface area contributed by atoms with Crippen LogP contribution in [0.5, 0.6) is 0 Å². The predicted molar refractivity (Wildman–Crippen MR) is 69.3 cm³/mol. The van der Waals surface area contributed by atoms with E-state index >= 15 is 0 Å². The number of hydrogen-bond acceptors (Lipinski definition) is 6. The summed E-state index contributed by atoms with van der Waals surface area (Å²) in [5, 5.41) is 5.32. The van der Waals surface area contributed by atoms with Gasteiger partial charge in [-0.1, -0.05) is 0 Å². The second-order valence-corrected chi connectivity index (χ2v) is 4.03. The van der Waals surface area contributed by atoms with E-state index in [1.165, 1.54) is 0 Å². The van der Waals surface area contributed by atoms with Crippen LogP contribution in [0, 0.1) is 0 Å². The van der Waals surface area contributed by atoms with Crippen LogP contribution in [-0.4, -0.2) is 77.8 Å². The minimum atomic E-state index is -0.205. The third kappa shape index (κ3) is 9.68. The zero-order valence-electron chi connectivity index (χ0n) is 11.5. The van der Waals surface area contributed by atoms with E-state index in [-0.39, 0.29) is 38.2 Å². The van der Waals surface area contributed by atoms with Crippen molar-refractivity contribution in [2.75, 3.05) is 65.9 Å². The Hall–Kier alpha value is -1.22. The molecule has 1 fully saturated rings. The lowest BCUT2D eigenvalue weighted by Gasteiger charge is -2.10. The van der Waals surface area contributed by atoms with Gasteiger partial charge >= 0.3 is 0 Å². The first-order valence-corrected chi connectivity index (χ1v) is 6.63. The Morgan fingerprint density at radius 3 is 1.45 bits per heavy atom. The van der Waals surface area contributed by atoms with E-state index in [0.717, 1.165) is 0 Å². The van der Waals surface area contributed by atoms with Gasteiger partial charge in [0.25, 0.3) is 0 Å². The predicted octanol–water partition coefficient (Wildman–Crippen LogP) is -1.70. The Morgan fingerprint density at radius 2 is 1.00 bits per heavy atom. The molecular weight excluding hydrogens is 268 g/mol. The Balaban J connectivity index is 2.19. The number of amides is 2. The molecular formula is C12H22N2O6. The quantitative estimate of drug-likeness (QED) is 0.552. The largest absolute Gasteiger partial charge is 0.377 e. The average Bonchev–Trinajstić information content (AvgIpc) is 2.43. The van der Waals surface area contributed by atoms with Crippen molar-refractivity contribution in [1.29, 1.82) is 0 Å². The third-order valence-corrected chi connectivity index (χ3v) is 2.35. The standard InChI is InChI=1S/C12H22N2O6/c15-11-9-19-7-8-20-10-12(16)14-2-4-18-6-5-17-3-1-13-11/h1-10H2,(H,13,15)(H,14,16). The van der Waals surface area contributed by atoms with Gasteiger partial charge < -0.3 is 29.6 Å². The van der Waals surface area contributed by atoms with E-state index in [4.69, 9.17) is 18.9 Å². The van der Waals surface area contributed by atoms with Crippen LogP contribution >= 0.6 is 0 Å². The van der Waals surface area contributed by atoms with Crippen LogP contribution in [0.3, 0.4) is 0 Å². The Bertz CT molecular complexity index is 259. The Labute approximate surface area is 118 Å². The number of ether oxygens (including phenoxy) is 4. The van der Waals surface area contributed by atoms with Gasteiger partial charge in [-0.25, -0.2) is 0 Å². The van der Waals surface area contributed by atoms with Gasteiger partial charge in [0.05, 0.1) is 39.6 Å². The van der Waals surface area contributed by atoms with Crippen molar-refractivity contribution >= 4 is 11.8 Å². The molecule has 20 heavy (non-hydrogen) atoms. The number of carbonyl (C=O) groups is 2. The van der Waals surface area contributed by atoms with Crippen molar-refractivity contribution in [3.8, 4) is 0 Å². The van der Waals surface area contributed by atoms with Crippen LogP contribution in [0.15, 0.2) is 0 Å². The summed E-state index contributed by atoms with van der Waals surface area (Å²) in [5.41, 5.74) is 0. The van der Waals surface area contributed by atoms with Gasteiger partial charge in [0.15, 0.2) is 0 Å². The maximum absolute atomic E-state index is 11.3. The molecule has 0 aromatic carbocycles. The third-order valence-electron chi connectivity index (χ3n) is 2.35. The van der Waals surface area contributed by atoms with Gasteiger partial charge in [-0.2, -0.15) is 0 Å². The van der Waals surface area contributed by atoms with Crippen molar-refractivity contribution in [3.63, 3.8) is 0 Å². The van der Waals surface area contributed by atoms with E-state index in [2.05, 4.69) is 10.6 Å². The second kappa shape index (κ2) is 11.6. The number of nitrogens with one attached hydrogen (secondary N) is 2. The van der Waals surface area contributed by atoms with Crippen LogP contribution < -0.4 is 10.6 Å². The molecule has 2 N–H and O–H groups in total. The SMILES string of the molecule is O=C1COCCOCC(=O)NCCOCCOCCN1. The lowest BCUT2D eigenvalue weighted by atomic mass is 10.5. The normalized spacial score (nSPS) is 22.2.